The van der Waals surface area contributed by atoms with Gasteiger partial charge >= 0.3 is 0 Å². The van der Waals surface area contributed by atoms with Gasteiger partial charge in [0.2, 0.25) is 0 Å². The first-order chi connectivity index (χ1) is 19.4. The van der Waals surface area contributed by atoms with Crippen molar-refractivity contribution in [3.63, 3.8) is 0 Å². The van der Waals surface area contributed by atoms with E-state index in [1.165, 1.54) is 29.2 Å². The summed E-state index contributed by atoms with van der Waals surface area (Å²) >= 11 is 12.4. The van der Waals surface area contributed by atoms with Crippen LogP contribution in [0.4, 0.5) is 4.39 Å². The predicted molar refractivity (Wildman–Crippen MR) is 149 cm³/mol. The second-order valence-electron chi connectivity index (χ2n) is 9.00. The quantitative estimate of drug-likeness (QED) is 0.268. The summed E-state index contributed by atoms with van der Waals surface area (Å²) in [6.45, 7) is 0. The molecule has 9 nitrogen and oxygen atoms in total. The second kappa shape index (κ2) is 10.8. The molecule has 12 heteroatoms. The maximum absolute atomic E-state index is 13.6. The van der Waals surface area contributed by atoms with Crippen molar-refractivity contribution >= 4 is 23.2 Å². The van der Waals surface area contributed by atoms with Gasteiger partial charge in [-0.3, -0.25) is 9.78 Å². The van der Waals surface area contributed by atoms with Gasteiger partial charge in [0.05, 0.1) is 28.6 Å². The Bertz CT molecular complexity index is 1850. The molecule has 1 N–H and O–H groups in total. The monoisotopic (exact) mass is 572 g/mol. The van der Waals surface area contributed by atoms with Gasteiger partial charge in [-0.05, 0) is 64.0 Å². The molecule has 40 heavy (non-hydrogen) atoms. The Balaban J connectivity index is 1.42. The molecular weight excluding hydrogens is 554 g/mol. The van der Waals surface area contributed by atoms with Crippen molar-refractivity contribution in [2.24, 2.45) is 0 Å². The number of nitrogens with one attached hydrogen (secondary N) is 1. The van der Waals surface area contributed by atoms with Gasteiger partial charge in [0, 0.05) is 47.2 Å². The molecule has 0 fully saturated rings. The molecule has 0 saturated heterocycles. The summed E-state index contributed by atoms with van der Waals surface area (Å²) in [5.74, 6) is 0.210. The van der Waals surface area contributed by atoms with E-state index in [1.54, 1.807) is 65.8 Å². The number of aromatic amines is 1. The van der Waals surface area contributed by atoms with Crippen LogP contribution in [0.3, 0.4) is 0 Å². The lowest BCUT2D eigenvalue weighted by Crippen LogP contribution is -2.27. The third-order valence-electron chi connectivity index (χ3n) is 6.42. The van der Waals surface area contributed by atoms with Crippen molar-refractivity contribution in [2.75, 3.05) is 0 Å². The lowest BCUT2D eigenvalue weighted by atomic mass is 10.0. The highest BCUT2D eigenvalue weighted by Gasteiger charge is 2.21. The molecule has 1 unspecified atom stereocenters. The van der Waals surface area contributed by atoms with E-state index in [-0.39, 0.29) is 11.4 Å². The van der Waals surface area contributed by atoms with Crippen molar-refractivity contribution in [2.45, 2.75) is 12.5 Å². The molecule has 4 heterocycles. The Labute approximate surface area is 236 Å². The van der Waals surface area contributed by atoms with E-state index in [0.29, 0.717) is 44.8 Å². The largest absolute Gasteiger partial charge is 0.340 e. The Morgan fingerprint density at radius 1 is 0.925 bits per heavy atom. The SMILES string of the molecule is O=c1cc(-c2cc(Cl)ccc2-n2cnnn2)ccn1C(Cc1ccc(F)cc1)c1ncc(-c2cncc(Cl)c2)[nH]1. The molecule has 6 rings (SSSR count). The van der Waals surface area contributed by atoms with Crippen LogP contribution in [0.25, 0.3) is 28.1 Å². The molecule has 0 saturated carbocycles. The van der Waals surface area contributed by atoms with Crippen LogP contribution < -0.4 is 5.56 Å². The average Bonchev–Trinajstić information content (AvgIpc) is 3.66. The molecule has 0 aliphatic carbocycles. The van der Waals surface area contributed by atoms with Gasteiger partial charge in [-0.15, -0.1) is 5.10 Å². The van der Waals surface area contributed by atoms with Crippen LogP contribution in [-0.4, -0.2) is 39.7 Å². The van der Waals surface area contributed by atoms with E-state index < -0.39 is 6.04 Å². The van der Waals surface area contributed by atoms with Crippen LogP contribution in [-0.2, 0) is 6.42 Å². The van der Waals surface area contributed by atoms with E-state index >= 15 is 0 Å². The molecule has 0 amide bonds. The summed E-state index contributed by atoms with van der Waals surface area (Å²) in [6.07, 6.45) is 8.45. The number of hydrogen-bond donors (Lipinski definition) is 1. The number of pyridine rings is 2. The number of rotatable bonds is 7. The molecule has 4 aromatic heterocycles. The fourth-order valence-corrected chi connectivity index (χ4v) is 4.85. The van der Waals surface area contributed by atoms with Gasteiger partial charge in [-0.1, -0.05) is 35.3 Å². The summed E-state index contributed by atoms with van der Waals surface area (Å²) in [5.41, 5.74) is 4.01. The molecule has 0 spiro atoms. The zero-order valence-electron chi connectivity index (χ0n) is 20.6. The van der Waals surface area contributed by atoms with Gasteiger partial charge in [0.25, 0.3) is 5.56 Å². The number of H-pyrrole nitrogens is 1. The molecule has 6 aromatic rings. The third kappa shape index (κ3) is 5.27. The van der Waals surface area contributed by atoms with Crippen LogP contribution in [0.15, 0.2) is 96.6 Å². The van der Waals surface area contributed by atoms with Crippen molar-refractivity contribution in [1.82, 2.24) is 39.7 Å². The molecule has 1 atom stereocenters. The first-order valence-corrected chi connectivity index (χ1v) is 12.9. The van der Waals surface area contributed by atoms with E-state index in [2.05, 4.69) is 30.5 Å². The fraction of sp³-hybridized carbons (Fsp3) is 0.0714. The average molecular weight is 573 g/mol. The van der Waals surface area contributed by atoms with Gasteiger partial charge < -0.3 is 9.55 Å². The molecule has 0 aliphatic heterocycles. The number of aromatic nitrogens is 8. The summed E-state index contributed by atoms with van der Waals surface area (Å²) in [7, 11) is 0. The zero-order valence-corrected chi connectivity index (χ0v) is 22.1. The number of tetrazole rings is 1. The summed E-state index contributed by atoms with van der Waals surface area (Å²) < 4.78 is 16.7. The van der Waals surface area contributed by atoms with Crippen LogP contribution >= 0.6 is 23.2 Å². The van der Waals surface area contributed by atoms with Crippen LogP contribution in [0.5, 0.6) is 0 Å². The highest BCUT2D eigenvalue weighted by atomic mass is 35.5. The highest BCUT2D eigenvalue weighted by molar-refractivity contribution is 6.31. The topological polar surface area (TPSA) is 107 Å². The second-order valence-corrected chi connectivity index (χ2v) is 9.87. The fourth-order valence-electron chi connectivity index (χ4n) is 4.51. The van der Waals surface area contributed by atoms with Gasteiger partial charge in [-0.2, -0.15) is 4.68 Å². The first-order valence-electron chi connectivity index (χ1n) is 12.1. The maximum Gasteiger partial charge on any atom is 0.251 e. The zero-order chi connectivity index (χ0) is 27.6. The minimum atomic E-state index is -0.522. The molecule has 0 bridgehead atoms. The molecule has 0 aliphatic rings. The molecule has 2 aromatic carbocycles. The van der Waals surface area contributed by atoms with Crippen molar-refractivity contribution < 1.29 is 4.39 Å². The third-order valence-corrected chi connectivity index (χ3v) is 6.86. The standard InChI is InChI=1S/C28H19Cl2FN8O/c29-20-3-6-25(39-16-34-36-37-39)23(12-20)18-7-8-38(27(40)11-18)26(9-17-1-4-22(31)5-2-17)28-33-15-24(35-28)19-10-21(30)14-32-13-19/h1-8,10-16,26H,9H2,(H,33,35). The molecule has 198 valence electrons. The normalized spacial score (nSPS) is 12.0. The summed E-state index contributed by atoms with van der Waals surface area (Å²) in [6, 6.07) is 16.0. The minimum Gasteiger partial charge on any atom is -0.340 e. The maximum atomic E-state index is 13.6. The Morgan fingerprint density at radius 2 is 1.77 bits per heavy atom. The lowest BCUT2D eigenvalue weighted by molar-refractivity contribution is 0.536. The van der Waals surface area contributed by atoms with Crippen LogP contribution in [0.2, 0.25) is 10.0 Å². The predicted octanol–water partition coefficient (Wildman–Crippen LogP) is 5.55. The van der Waals surface area contributed by atoms with Crippen LogP contribution in [0.1, 0.15) is 17.4 Å². The number of hydrogen-bond acceptors (Lipinski definition) is 6. The molecular formula is C28H19Cl2FN8O. The first kappa shape index (κ1) is 25.6. The smallest absolute Gasteiger partial charge is 0.251 e. The summed E-state index contributed by atoms with van der Waals surface area (Å²) in [4.78, 5) is 25.7. The number of halogens is 3. The van der Waals surface area contributed by atoms with Crippen molar-refractivity contribution in [3.8, 4) is 28.1 Å². The van der Waals surface area contributed by atoms with E-state index in [0.717, 1.165) is 11.1 Å². The van der Waals surface area contributed by atoms with Gasteiger partial charge in [0.15, 0.2) is 0 Å². The van der Waals surface area contributed by atoms with Gasteiger partial charge in [-0.25, -0.2) is 9.37 Å². The molecule has 0 radical (unpaired) electrons. The Morgan fingerprint density at radius 3 is 2.52 bits per heavy atom. The number of imidazole rings is 1. The van der Waals surface area contributed by atoms with Crippen molar-refractivity contribution in [3.05, 3.63) is 129 Å². The van der Waals surface area contributed by atoms with E-state index in [9.17, 15) is 9.18 Å². The number of nitrogens with zero attached hydrogens (tertiary/aromatic N) is 7. The van der Waals surface area contributed by atoms with E-state index in [1.807, 2.05) is 6.07 Å². The van der Waals surface area contributed by atoms with E-state index in [4.69, 9.17) is 23.2 Å². The van der Waals surface area contributed by atoms with Crippen LogP contribution in [0, 0.1) is 5.82 Å². The lowest BCUT2D eigenvalue weighted by Gasteiger charge is -2.19. The highest BCUT2D eigenvalue weighted by Crippen LogP contribution is 2.30. The van der Waals surface area contributed by atoms with Crippen molar-refractivity contribution in [1.29, 1.82) is 0 Å². The number of benzene rings is 2. The summed E-state index contributed by atoms with van der Waals surface area (Å²) in [5, 5.41) is 12.4. The Kier molecular flexibility index (Phi) is 6.93. The Hall–Kier alpha value is -4.67. The minimum absolute atomic E-state index is 0.269. The van der Waals surface area contributed by atoms with Gasteiger partial charge in [0.1, 0.15) is 18.0 Å².